The number of nitrogens with zero attached hydrogens (tertiary/aromatic N) is 4. The van der Waals surface area contributed by atoms with E-state index >= 15 is 0 Å². The normalized spacial score (nSPS) is 11.9. The molecule has 28 heavy (non-hydrogen) atoms. The predicted octanol–water partition coefficient (Wildman–Crippen LogP) is 3.19. The van der Waals surface area contributed by atoms with E-state index in [1.165, 1.54) is 0 Å². The first-order valence-corrected chi connectivity index (χ1v) is 8.91. The molecular formula is C21H19N5O2. The molecule has 1 amide bonds. The number of carbonyl (C=O) groups is 1. The van der Waals surface area contributed by atoms with Crippen LogP contribution < -0.4 is 10.1 Å². The van der Waals surface area contributed by atoms with E-state index in [1.54, 1.807) is 41.5 Å². The molecule has 0 fully saturated rings. The fourth-order valence-electron chi connectivity index (χ4n) is 2.83. The summed E-state index contributed by atoms with van der Waals surface area (Å²) in [6.07, 6.45) is 6.80. The maximum absolute atomic E-state index is 12.5. The lowest BCUT2D eigenvalue weighted by Gasteiger charge is -2.15. The Morgan fingerprint density at radius 2 is 2.04 bits per heavy atom. The first-order chi connectivity index (χ1) is 13.7. The van der Waals surface area contributed by atoms with Crippen LogP contribution in [0.15, 0.2) is 73.4 Å². The number of amides is 1. The van der Waals surface area contributed by atoms with E-state index in [0.29, 0.717) is 17.8 Å². The molecular weight excluding hydrogens is 354 g/mol. The zero-order valence-electron chi connectivity index (χ0n) is 15.3. The molecule has 7 heteroatoms. The summed E-state index contributed by atoms with van der Waals surface area (Å²) in [5.74, 6) is 0.615. The summed E-state index contributed by atoms with van der Waals surface area (Å²) in [6, 6.07) is 14.9. The fraction of sp³-hybridized carbons (Fsp3) is 0.143. The SMILES string of the molecule is CC(NC(=O)c1ccc2nncn2c1)c1ccc(OCc2cccnc2)cc1. The molecule has 1 atom stereocenters. The Hall–Kier alpha value is -3.74. The molecule has 3 aromatic heterocycles. The molecule has 7 nitrogen and oxygen atoms in total. The molecule has 0 aliphatic carbocycles. The minimum Gasteiger partial charge on any atom is -0.489 e. The lowest BCUT2D eigenvalue weighted by molar-refractivity contribution is 0.0939. The maximum atomic E-state index is 12.5. The number of benzene rings is 1. The van der Waals surface area contributed by atoms with E-state index in [0.717, 1.165) is 16.9 Å². The molecule has 140 valence electrons. The molecule has 0 saturated heterocycles. The van der Waals surface area contributed by atoms with Crippen molar-refractivity contribution >= 4 is 11.6 Å². The Balaban J connectivity index is 1.37. The van der Waals surface area contributed by atoms with Crippen molar-refractivity contribution in [2.45, 2.75) is 19.6 Å². The van der Waals surface area contributed by atoms with E-state index in [-0.39, 0.29) is 11.9 Å². The van der Waals surface area contributed by atoms with Gasteiger partial charge in [0.05, 0.1) is 11.6 Å². The molecule has 3 heterocycles. The zero-order valence-corrected chi connectivity index (χ0v) is 15.3. The summed E-state index contributed by atoms with van der Waals surface area (Å²) in [6.45, 7) is 2.41. The van der Waals surface area contributed by atoms with Crippen molar-refractivity contribution in [3.05, 3.63) is 90.1 Å². The average molecular weight is 373 g/mol. The van der Waals surface area contributed by atoms with Crippen LogP contribution in [0.4, 0.5) is 0 Å². The van der Waals surface area contributed by atoms with Crippen LogP contribution in [0.1, 0.15) is 34.5 Å². The monoisotopic (exact) mass is 373 g/mol. The number of fused-ring (bicyclic) bond motifs is 1. The molecule has 1 aromatic carbocycles. The summed E-state index contributed by atoms with van der Waals surface area (Å²) in [4.78, 5) is 16.6. The van der Waals surface area contributed by atoms with Gasteiger partial charge in [0.2, 0.25) is 0 Å². The number of nitrogens with one attached hydrogen (secondary N) is 1. The van der Waals surface area contributed by atoms with Crippen molar-refractivity contribution in [2.75, 3.05) is 0 Å². The molecule has 0 radical (unpaired) electrons. The second kappa shape index (κ2) is 7.87. The molecule has 4 aromatic rings. The van der Waals surface area contributed by atoms with Gasteiger partial charge in [-0.2, -0.15) is 0 Å². The van der Waals surface area contributed by atoms with E-state index in [2.05, 4.69) is 20.5 Å². The average Bonchev–Trinajstić information content (AvgIpc) is 3.21. The Morgan fingerprint density at radius 3 is 2.82 bits per heavy atom. The second-order valence-corrected chi connectivity index (χ2v) is 6.43. The standard InChI is InChI=1S/C21H19N5O2/c1-15(24-21(27)18-6-9-20-25-23-14-26(20)12-18)17-4-7-19(8-5-17)28-13-16-3-2-10-22-11-16/h2-12,14-15H,13H2,1H3,(H,24,27). The lowest BCUT2D eigenvalue weighted by Crippen LogP contribution is -2.26. The Kier molecular flexibility index (Phi) is 4.97. The largest absolute Gasteiger partial charge is 0.489 e. The highest BCUT2D eigenvalue weighted by molar-refractivity contribution is 5.94. The van der Waals surface area contributed by atoms with Crippen molar-refractivity contribution in [3.63, 3.8) is 0 Å². The van der Waals surface area contributed by atoms with Crippen LogP contribution in [0.25, 0.3) is 5.65 Å². The molecule has 0 spiro atoms. The topological polar surface area (TPSA) is 81.4 Å². The first-order valence-electron chi connectivity index (χ1n) is 8.91. The molecule has 1 unspecified atom stereocenters. The third-order valence-corrected chi connectivity index (χ3v) is 4.41. The van der Waals surface area contributed by atoms with Crippen LogP contribution in [0, 0.1) is 0 Å². The maximum Gasteiger partial charge on any atom is 0.253 e. The van der Waals surface area contributed by atoms with Gasteiger partial charge in [0, 0.05) is 24.2 Å². The summed E-state index contributed by atoms with van der Waals surface area (Å²) in [5, 5.41) is 10.8. The van der Waals surface area contributed by atoms with Crippen LogP contribution >= 0.6 is 0 Å². The molecule has 1 N–H and O–H groups in total. The number of hydrogen-bond donors (Lipinski definition) is 1. The summed E-state index contributed by atoms with van der Waals surface area (Å²) < 4.78 is 7.48. The van der Waals surface area contributed by atoms with Gasteiger partial charge in [-0.25, -0.2) is 0 Å². The van der Waals surface area contributed by atoms with Crippen molar-refractivity contribution < 1.29 is 9.53 Å². The predicted molar refractivity (Wildman–Crippen MR) is 104 cm³/mol. The minimum absolute atomic E-state index is 0.142. The van der Waals surface area contributed by atoms with Gasteiger partial charge in [-0.15, -0.1) is 10.2 Å². The van der Waals surface area contributed by atoms with Crippen LogP contribution in [-0.2, 0) is 6.61 Å². The molecule has 0 saturated carbocycles. The zero-order chi connectivity index (χ0) is 19.3. The number of aromatic nitrogens is 4. The summed E-state index contributed by atoms with van der Waals surface area (Å²) >= 11 is 0. The fourth-order valence-corrected chi connectivity index (χ4v) is 2.83. The highest BCUT2D eigenvalue weighted by atomic mass is 16.5. The summed E-state index contributed by atoms with van der Waals surface area (Å²) in [7, 11) is 0. The molecule has 0 aliphatic rings. The molecule has 4 rings (SSSR count). The molecule has 0 aliphatic heterocycles. The van der Waals surface area contributed by atoms with E-state index in [1.807, 2.05) is 43.3 Å². The van der Waals surface area contributed by atoms with Gasteiger partial charge in [-0.3, -0.25) is 14.2 Å². The quantitative estimate of drug-likeness (QED) is 0.561. The van der Waals surface area contributed by atoms with Crippen LogP contribution in [0.3, 0.4) is 0 Å². The van der Waals surface area contributed by atoms with Crippen LogP contribution in [0.2, 0.25) is 0 Å². The number of ether oxygens (including phenoxy) is 1. The second-order valence-electron chi connectivity index (χ2n) is 6.43. The van der Waals surface area contributed by atoms with Crippen LogP contribution in [0.5, 0.6) is 5.75 Å². The molecule has 0 bridgehead atoms. The number of rotatable bonds is 6. The number of hydrogen-bond acceptors (Lipinski definition) is 5. The Morgan fingerprint density at radius 1 is 1.18 bits per heavy atom. The van der Waals surface area contributed by atoms with Gasteiger partial charge in [-0.05, 0) is 42.8 Å². The van der Waals surface area contributed by atoms with Crippen molar-refractivity contribution in [1.29, 1.82) is 0 Å². The van der Waals surface area contributed by atoms with E-state index in [9.17, 15) is 4.79 Å². The summed E-state index contributed by atoms with van der Waals surface area (Å²) in [5.41, 5.74) is 3.26. The Labute approximate surface area is 162 Å². The number of carbonyl (C=O) groups excluding carboxylic acids is 1. The smallest absolute Gasteiger partial charge is 0.253 e. The van der Waals surface area contributed by atoms with E-state index in [4.69, 9.17) is 4.74 Å². The Bertz CT molecular complexity index is 1080. The van der Waals surface area contributed by atoms with Crippen molar-refractivity contribution in [1.82, 2.24) is 24.9 Å². The van der Waals surface area contributed by atoms with Gasteiger partial charge in [0.25, 0.3) is 5.91 Å². The van der Waals surface area contributed by atoms with Gasteiger partial charge >= 0.3 is 0 Å². The lowest BCUT2D eigenvalue weighted by atomic mass is 10.1. The highest BCUT2D eigenvalue weighted by Crippen LogP contribution is 2.19. The van der Waals surface area contributed by atoms with Gasteiger partial charge in [0.15, 0.2) is 5.65 Å². The van der Waals surface area contributed by atoms with Gasteiger partial charge in [0.1, 0.15) is 18.7 Å². The van der Waals surface area contributed by atoms with E-state index < -0.39 is 0 Å². The van der Waals surface area contributed by atoms with Crippen molar-refractivity contribution in [3.8, 4) is 5.75 Å². The van der Waals surface area contributed by atoms with Gasteiger partial charge < -0.3 is 10.1 Å². The van der Waals surface area contributed by atoms with Gasteiger partial charge in [-0.1, -0.05) is 18.2 Å². The third kappa shape index (κ3) is 3.98. The first kappa shape index (κ1) is 17.7. The van der Waals surface area contributed by atoms with Crippen LogP contribution in [-0.4, -0.2) is 25.5 Å². The van der Waals surface area contributed by atoms with Crippen molar-refractivity contribution in [2.24, 2.45) is 0 Å². The third-order valence-electron chi connectivity index (χ3n) is 4.41. The number of pyridine rings is 2. The highest BCUT2D eigenvalue weighted by Gasteiger charge is 2.12. The minimum atomic E-state index is -0.153.